The highest BCUT2D eigenvalue weighted by Crippen LogP contribution is 2.40. The Kier molecular flexibility index (Phi) is 7.48. The first-order chi connectivity index (χ1) is 25.7. The number of aromatic nitrogens is 2. The Hall–Kier alpha value is -6.34. The van der Waals surface area contributed by atoms with Crippen LogP contribution in [0.4, 0.5) is 17.1 Å². The lowest BCUT2D eigenvalue weighted by molar-refractivity contribution is 0.620. The van der Waals surface area contributed by atoms with Gasteiger partial charge in [-0.3, -0.25) is 0 Å². The average Bonchev–Trinajstić information content (AvgIpc) is 3.96. The molecule has 0 aliphatic rings. The Morgan fingerprint density at radius 2 is 1.04 bits per heavy atom. The molecule has 52 heavy (non-hydrogen) atoms. The van der Waals surface area contributed by atoms with Gasteiger partial charge >= 0.3 is 0 Å². The number of oxazole rings is 1. The van der Waals surface area contributed by atoms with Crippen molar-refractivity contribution in [1.29, 1.82) is 0 Å². The van der Waals surface area contributed by atoms with Gasteiger partial charge in [-0.15, -0.1) is 22.7 Å². The smallest absolute Gasteiger partial charge is 0.227 e. The molecule has 3 heterocycles. The fraction of sp³-hybridized carbons (Fsp3) is 0. The molecule has 0 aliphatic heterocycles. The second-order valence-electron chi connectivity index (χ2n) is 12.7. The summed E-state index contributed by atoms with van der Waals surface area (Å²) < 4.78 is 8.69. The summed E-state index contributed by atoms with van der Waals surface area (Å²) >= 11 is 3.55. The molecular weight excluding hydrogens is 675 g/mol. The molecular formula is C46H29N3OS2. The van der Waals surface area contributed by atoms with Crippen LogP contribution in [0.1, 0.15) is 0 Å². The summed E-state index contributed by atoms with van der Waals surface area (Å²) in [4.78, 5) is 13.2. The minimum atomic E-state index is 0.631. The van der Waals surface area contributed by atoms with Crippen LogP contribution >= 0.6 is 22.7 Å². The summed E-state index contributed by atoms with van der Waals surface area (Å²) in [7, 11) is 0. The first-order valence-corrected chi connectivity index (χ1v) is 18.8. The molecule has 0 amide bonds. The van der Waals surface area contributed by atoms with E-state index in [2.05, 4.69) is 138 Å². The molecule has 0 aliphatic carbocycles. The zero-order valence-corrected chi connectivity index (χ0v) is 29.4. The van der Waals surface area contributed by atoms with E-state index in [0.29, 0.717) is 5.89 Å². The van der Waals surface area contributed by atoms with Crippen molar-refractivity contribution in [3.8, 4) is 43.6 Å². The Balaban J connectivity index is 1.00. The van der Waals surface area contributed by atoms with E-state index in [-0.39, 0.29) is 0 Å². The fourth-order valence-corrected chi connectivity index (χ4v) is 8.75. The van der Waals surface area contributed by atoms with Crippen molar-refractivity contribution in [1.82, 2.24) is 9.97 Å². The first-order valence-electron chi connectivity index (χ1n) is 17.1. The third-order valence-corrected chi connectivity index (χ3v) is 11.6. The number of thiophene rings is 1. The number of hydrogen-bond acceptors (Lipinski definition) is 6. The summed E-state index contributed by atoms with van der Waals surface area (Å²) in [6.45, 7) is 0. The van der Waals surface area contributed by atoms with Gasteiger partial charge in [0.05, 0.1) is 10.2 Å². The molecule has 0 saturated heterocycles. The molecule has 6 heteroatoms. The number of benzene rings is 7. The first kappa shape index (κ1) is 30.5. The van der Waals surface area contributed by atoms with E-state index in [0.717, 1.165) is 60.9 Å². The van der Waals surface area contributed by atoms with Gasteiger partial charge in [0.2, 0.25) is 5.89 Å². The van der Waals surface area contributed by atoms with Crippen LogP contribution in [0.25, 0.3) is 75.0 Å². The van der Waals surface area contributed by atoms with Crippen molar-refractivity contribution in [3.63, 3.8) is 0 Å². The number of nitrogens with zero attached hydrogens (tertiary/aromatic N) is 3. The minimum absolute atomic E-state index is 0.631. The molecule has 246 valence electrons. The van der Waals surface area contributed by atoms with Gasteiger partial charge in [0.15, 0.2) is 5.58 Å². The molecule has 0 atom stereocenters. The summed E-state index contributed by atoms with van der Waals surface area (Å²) in [6, 6.07) is 61.8. The van der Waals surface area contributed by atoms with Crippen molar-refractivity contribution in [2.45, 2.75) is 0 Å². The van der Waals surface area contributed by atoms with Crippen LogP contribution in [-0.2, 0) is 0 Å². The highest BCUT2D eigenvalue weighted by Gasteiger charge is 2.16. The third kappa shape index (κ3) is 5.64. The van der Waals surface area contributed by atoms with Gasteiger partial charge in [-0.2, -0.15) is 0 Å². The largest absolute Gasteiger partial charge is 0.436 e. The normalized spacial score (nSPS) is 11.5. The highest BCUT2D eigenvalue weighted by molar-refractivity contribution is 7.22. The Labute approximate surface area is 308 Å². The zero-order chi connectivity index (χ0) is 34.4. The van der Waals surface area contributed by atoms with Crippen LogP contribution < -0.4 is 4.90 Å². The lowest BCUT2D eigenvalue weighted by Crippen LogP contribution is -2.09. The second-order valence-corrected chi connectivity index (χ2v) is 14.8. The monoisotopic (exact) mass is 703 g/mol. The van der Waals surface area contributed by atoms with Crippen molar-refractivity contribution < 1.29 is 4.42 Å². The standard InChI is InChI=1S/C46H29N3OS2/c1-2-8-32(9-3-1)45-47-39-27-20-34(28-41(39)50-45)30-14-21-36(22-15-30)49(37-23-16-31(17-24-37)44-29-35-10-4-6-12-42(35)51-44)38-25-18-33(19-26-38)46-48-40-11-5-7-13-43(40)52-46/h1-29H. The highest BCUT2D eigenvalue weighted by atomic mass is 32.1. The predicted molar refractivity (Wildman–Crippen MR) is 219 cm³/mol. The predicted octanol–water partition coefficient (Wildman–Crippen LogP) is 13.8. The van der Waals surface area contributed by atoms with Gasteiger partial charge in [0, 0.05) is 37.8 Å². The maximum atomic E-state index is 6.19. The molecule has 0 N–H and O–H groups in total. The van der Waals surface area contributed by atoms with E-state index < -0.39 is 0 Å². The van der Waals surface area contributed by atoms with Gasteiger partial charge in [-0.25, -0.2) is 9.97 Å². The summed E-state index contributed by atoms with van der Waals surface area (Å²) in [5.74, 6) is 0.631. The van der Waals surface area contributed by atoms with E-state index in [1.54, 1.807) is 11.3 Å². The number of fused-ring (bicyclic) bond motifs is 3. The lowest BCUT2D eigenvalue weighted by Gasteiger charge is -2.26. The SMILES string of the molecule is c1ccc(-c2nc3ccc(-c4ccc(N(c5ccc(-c6cc7ccccc7s6)cc5)c5ccc(-c6nc7ccccc7s6)cc5)cc4)cc3o2)cc1. The molecule has 0 bridgehead atoms. The molecule has 0 saturated carbocycles. The number of hydrogen-bond donors (Lipinski definition) is 0. The van der Waals surface area contributed by atoms with Crippen LogP contribution in [0.15, 0.2) is 180 Å². The van der Waals surface area contributed by atoms with Gasteiger partial charge in [0.25, 0.3) is 0 Å². The third-order valence-electron chi connectivity index (χ3n) is 9.37. The summed E-state index contributed by atoms with van der Waals surface area (Å²) in [6.07, 6.45) is 0. The molecule has 0 radical (unpaired) electrons. The fourth-order valence-electron chi connectivity index (χ4n) is 6.71. The van der Waals surface area contributed by atoms with Crippen molar-refractivity contribution in [2.75, 3.05) is 4.90 Å². The summed E-state index contributed by atoms with van der Waals surface area (Å²) in [5.41, 5.74) is 11.4. The van der Waals surface area contributed by atoms with Crippen molar-refractivity contribution in [3.05, 3.63) is 176 Å². The van der Waals surface area contributed by atoms with Gasteiger partial charge in [-0.1, -0.05) is 78.9 Å². The molecule has 10 aromatic rings. The average molecular weight is 704 g/mol. The molecule has 0 fully saturated rings. The Morgan fingerprint density at radius 3 is 1.75 bits per heavy atom. The van der Waals surface area contributed by atoms with Crippen LogP contribution in [0.3, 0.4) is 0 Å². The number of rotatable bonds is 7. The Bertz CT molecular complexity index is 2650. The molecule has 7 aromatic carbocycles. The molecule has 3 aromatic heterocycles. The number of anilines is 3. The number of para-hydroxylation sites is 1. The molecule has 0 spiro atoms. The molecule has 0 unspecified atom stereocenters. The maximum absolute atomic E-state index is 6.19. The van der Waals surface area contributed by atoms with E-state index in [1.807, 2.05) is 53.8 Å². The van der Waals surface area contributed by atoms with Gasteiger partial charge in [-0.05, 0) is 119 Å². The quantitative estimate of drug-likeness (QED) is 0.166. The molecule has 4 nitrogen and oxygen atoms in total. The van der Waals surface area contributed by atoms with Crippen molar-refractivity contribution >= 4 is 71.1 Å². The lowest BCUT2D eigenvalue weighted by atomic mass is 10.0. The van der Waals surface area contributed by atoms with E-state index in [4.69, 9.17) is 14.4 Å². The molecule has 10 rings (SSSR count). The maximum Gasteiger partial charge on any atom is 0.227 e. The second kappa shape index (κ2) is 12.8. The zero-order valence-electron chi connectivity index (χ0n) is 27.8. The van der Waals surface area contributed by atoms with Gasteiger partial charge in [0.1, 0.15) is 10.5 Å². The van der Waals surface area contributed by atoms with E-state index in [1.165, 1.54) is 25.2 Å². The summed E-state index contributed by atoms with van der Waals surface area (Å²) in [5, 5.41) is 2.30. The van der Waals surface area contributed by atoms with Gasteiger partial charge < -0.3 is 9.32 Å². The van der Waals surface area contributed by atoms with Crippen LogP contribution in [0.2, 0.25) is 0 Å². The van der Waals surface area contributed by atoms with Crippen LogP contribution in [0.5, 0.6) is 0 Å². The van der Waals surface area contributed by atoms with E-state index in [9.17, 15) is 0 Å². The van der Waals surface area contributed by atoms with Crippen LogP contribution in [-0.4, -0.2) is 9.97 Å². The van der Waals surface area contributed by atoms with Crippen molar-refractivity contribution in [2.24, 2.45) is 0 Å². The topological polar surface area (TPSA) is 42.2 Å². The van der Waals surface area contributed by atoms with Crippen LogP contribution in [0, 0.1) is 0 Å². The Morgan fingerprint density at radius 1 is 0.423 bits per heavy atom. The van der Waals surface area contributed by atoms with E-state index >= 15 is 0 Å². The minimum Gasteiger partial charge on any atom is -0.436 e. The number of thiazole rings is 1.